The summed E-state index contributed by atoms with van der Waals surface area (Å²) in [7, 11) is 1.35. The van der Waals surface area contributed by atoms with Crippen LogP contribution in [-0.4, -0.2) is 13.1 Å². The number of hydrogen-bond acceptors (Lipinski definition) is 3. The van der Waals surface area contributed by atoms with Gasteiger partial charge in [-0.3, -0.25) is 0 Å². The van der Waals surface area contributed by atoms with E-state index in [9.17, 15) is 4.79 Å². The molecule has 1 atom stereocenters. The number of esters is 1. The third-order valence-electron chi connectivity index (χ3n) is 2.87. The number of nitrogens with one attached hydrogen (secondary N) is 1. The SMILES string of the molecule is COC(=O)C(Nc1ccc(Br)cc1)c1ccc(Br)cc1Cl. The van der Waals surface area contributed by atoms with E-state index in [0.717, 1.165) is 14.6 Å². The van der Waals surface area contributed by atoms with Crippen molar-refractivity contribution in [3.63, 3.8) is 0 Å². The second-order valence-corrected chi connectivity index (χ2v) is 6.51. The van der Waals surface area contributed by atoms with Crippen LogP contribution in [0, 0.1) is 0 Å². The molecule has 0 amide bonds. The zero-order valence-corrected chi connectivity index (χ0v) is 15.0. The Labute approximate surface area is 144 Å². The van der Waals surface area contributed by atoms with E-state index >= 15 is 0 Å². The van der Waals surface area contributed by atoms with Crippen molar-refractivity contribution in [2.24, 2.45) is 0 Å². The fourth-order valence-corrected chi connectivity index (χ4v) is 2.88. The maximum absolute atomic E-state index is 12.1. The smallest absolute Gasteiger partial charge is 0.333 e. The predicted octanol–water partition coefficient (Wildman–Crippen LogP) is 5.19. The van der Waals surface area contributed by atoms with Gasteiger partial charge in [-0.1, -0.05) is 49.5 Å². The van der Waals surface area contributed by atoms with E-state index in [2.05, 4.69) is 37.2 Å². The number of hydrogen-bond donors (Lipinski definition) is 1. The maximum atomic E-state index is 12.1. The minimum absolute atomic E-state index is 0.401. The topological polar surface area (TPSA) is 38.3 Å². The molecule has 0 heterocycles. The average Bonchev–Trinajstić information content (AvgIpc) is 2.47. The van der Waals surface area contributed by atoms with E-state index in [-0.39, 0.29) is 0 Å². The summed E-state index contributed by atoms with van der Waals surface area (Å²) in [6.07, 6.45) is 0. The van der Waals surface area contributed by atoms with Gasteiger partial charge in [0.1, 0.15) is 0 Å². The van der Waals surface area contributed by atoms with E-state index in [4.69, 9.17) is 16.3 Å². The van der Waals surface area contributed by atoms with Crippen molar-refractivity contribution >= 4 is 55.1 Å². The number of rotatable bonds is 4. The first-order valence-corrected chi connectivity index (χ1v) is 8.02. The van der Waals surface area contributed by atoms with Gasteiger partial charge in [-0.15, -0.1) is 0 Å². The normalized spacial score (nSPS) is 11.8. The van der Waals surface area contributed by atoms with Gasteiger partial charge in [0.2, 0.25) is 0 Å². The molecule has 1 N–H and O–H groups in total. The highest BCUT2D eigenvalue weighted by Crippen LogP contribution is 2.30. The molecule has 110 valence electrons. The molecule has 0 aliphatic rings. The molecule has 0 fully saturated rings. The molecule has 0 aliphatic carbocycles. The molecule has 2 rings (SSSR count). The summed E-state index contributed by atoms with van der Waals surface area (Å²) >= 11 is 13.0. The van der Waals surface area contributed by atoms with Crippen molar-refractivity contribution in [1.82, 2.24) is 0 Å². The number of carbonyl (C=O) groups excluding carboxylic acids is 1. The third kappa shape index (κ3) is 4.22. The van der Waals surface area contributed by atoms with Crippen LogP contribution in [0.15, 0.2) is 51.4 Å². The van der Waals surface area contributed by atoms with Crippen LogP contribution in [0.4, 0.5) is 5.69 Å². The number of carbonyl (C=O) groups is 1. The van der Waals surface area contributed by atoms with Crippen molar-refractivity contribution in [3.8, 4) is 0 Å². The molecule has 0 spiro atoms. The van der Waals surface area contributed by atoms with Crippen LogP contribution in [0.1, 0.15) is 11.6 Å². The Hall–Kier alpha value is -1.04. The first-order chi connectivity index (χ1) is 10.0. The zero-order chi connectivity index (χ0) is 15.4. The number of benzene rings is 2. The van der Waals surface area contributed by atoms with Crippen molar-refractivity contribution in [2.75, 3.05) is 12.4 Å². The molecule has 0 aliphatic heterocycles. The lowest BCUT2D eigenvalue weighted by Crippen LogP contribution is -2.22. The van der Waals surface area contributed by atoms with Gasteiger partial charge in [0.15, 0.2) is 6.04 Å². The Bertz CT molecular complexity index is 647. The summed E-state index contributed by atoms with van der Waals surface area (Å²) in [4.78, 5) is 12.1. The molecule has 0 saturated heterocycles. The molecule has 6 heteroatoms. The lowest BCUT2D eigenvalue weighted by Gasteiger charge is -2.19. The summed E-state index contributed by atoms with van der Waals surface area (Å²) in [5, 5.41) is 3.63. The number of anilines is 1. The summed E-state index contributed by atoms with van der Waals surface area (Å²) in [5.74, 6) is -0.401. The Morgan fingerprint density at radius 1 is 1.14 bits per heavy atom. The Morgan fingerprint density at radius 3 is 2.33 bits per heavy atom. The van der Waals surface area contributed by atoms with Gasteiger partial charge in [-0.05, 0) is 36.4 Å². The molecule has 2 aromatic carbocycles. The van der Waals surface area contributed by atoms with Gasteiger partial charge < -0.3 is 10.1 Å². The molecule has 21 heavy (non-hydrogen) atoms. The fraction of sp³-hybridized carbons (Fsp3) is 0.133. The monoisotopic (exact) mass is 431 g/mol. The number of methoxy groups -OCH3 is 1. The first kappa shape index (κ1) is 16.3. The van der Waals surface area contributed by atoms with E-state index in [1.807, 2.05) is 30.3 Å². The van der Waals surface area contributed by atoms with Crippen LogP contribution >= 0.6 is 43.5 Å². The van der Waals surface area contributed by atoms with E-state index in [1.54, 1.807) is 12.1 Å². The van der Waals surface area contributed by atoms with Crippen LogP contribution in [-0.2, 0) is 9.53 Å². The molecule has 0 bridgehead atoms. The average molecular weight is 434 g/mol. The van der Waals surface area contributed by atoms with Crippen LogP contribution in [0.2, 0.25) is 5.02 Å². The molecule has 3 nitrogen and oxygen atoms in total. The minimum Gasteiger partial charge on any atom is -0.467 e. The molecule has 2 aromatic rings. The molecular weight excluding hydrogens is 421 g/mol. The molecule has 0 aromatic heterocycles. The second-order valence-electron chi connectivity index (χ2n) is 4.27. The van der Waals surface area contributed by atoms with Crippen LogP contribution < -0.4 is 5.32 Å². The summed E-state index contributed by atoms with van der Waals surface area (Å²) in [5.41, 5.74) is 1.46. The molecule has 0 radical (unpaired) electrons. The van der Waals surface area contributed by atoms with E-state index in [1.165, 1.54) is 7.11 Å². The Balaban J connectivity index is 2.34. The molecule has 1 unspecified atom stereocenters. The molecular formula is C15H12Br2ClNO2. The largest absolute Gasteiger partial charge is 0.467 e. The van der Waals surface area contributed by atoms with Crippen LogP contribution in [0.25, 0.3) is 0 Å². The molecule has 0 saturated carbocycles. The van der Waals surface area contributed by atoms with Gasteiger partial charge in [0.05, 0.1) is 7.11 Å². The maximum Gasteiger partial charge on any atom is 0.333 e. The summed E-state index contributed by atoms with van der Waals surface area (Å²) < 4.78 is 6.68. The zero-order valence-electron chi connectivity index (χ0n) is 11.1. The summed E-state index contributed by atoms with van der Waals surface area (Å²) in [6, 6.07) is 12.2. The standard InChI is InChI=1S/C15H12Br2ClNO2/c1-21-15(20)14(12-7-4-10(17)8-13(12)18)19-11-5-2-9(16)3-6-11/h2-8,14,19H,1H3. The highest BCUT2D eigenvalue weighted by Gasteiger charge is 2.23. The second kappa shape index (κ2) is 7.29. The lowest BCUT2D eigenvalue weighted by atomic mass is 10.1. The van der Waals surface area contributed by atoms with Crippen molar-refractivity contribution in [3.05, 3.63) is 62.0 Å². The van der Waals surface area contributed by atoms with Crippen LogP contribution in [0.3, 0.4) is 0 Å². The van der Waals surface area contributed by atoms with E-state index in [0.29, 0.717) is 10.6 Å². The van der Waals surface area contributed by atoms with Crippen molar-refractivity contribution < 1.29 is 9.53 Å². The van der Waals surface area contributed by atoms with Crippen molar-refractivity contribution in [2.45, 2.75) is 6.04 Å². The highest BCUT2D eigenvalue weighted by molar-refractivity contribution is 9.10. The Kier molecular flexibility index (Phi) is 5.67. The number of ether oxygens (including phenoxy) is 1. The van der Waals surface area contributed by atoms with Gasteiger partial charge in [-0.25, -0.2) is 4.79 Å². The Morgan fingerprint density at radius 2 is 1.76 bits per heavy atom. The number of halogens is 3. The first-order valence-electron chi connectivity index (χ1n) is 6.06. The fourth-order valence-electron chi connectivity index (χ4n) is 1.83. The van der Waals surface area contributed by atoms with Gasteiger partial charge >= 0.3 is 5.97 Å². The predicted molar refractivity (Wildman–Crippen MR) is 91.7 cm³/mol. The quantitative estimate of drug-likeness (QED) is 0.675. The van der Waals surface area contributed by atoms with Gasteiger partial charge in [0.25, 0.3) is 0 Å². The third-order valence-corrected chi connectivity index (χ3v) is 4.21. The lowest BCUT2D eigenvalue weighted by molar-refractivity contribution is -0.141. The van der Waals surface area contributed by atoms with Crippen LogP contribution in [0.5, 0.6) is 0 Å². The van der Waals surface area contributed by atoms with E-state index < -0.39 is 12.0 Å². The van der Waals surface area contributed by atoms with Gasteiger partial charge in [-0.2, -0.15) is 0 Å². The van der Waals surface area contributed by atoms with Gasteiger partial charge in [0, 0.05) is 25.2 Å². The highest BCUT2D eigenvalue weighted by atomic mass is 79.9. The van der Waals surface area contributed by atoms with Crippen molar-refractivity contribution in [1.29, 1.82) is 0 Å². The summed E-state index contributed by atoms with van der Waals surface area (Å²) in [6.45, 7) is 0. The minimum atomic E-state index is -0.670.